The molecule has 0 saturated carbocycles. The van der Waals surface area contributed by atoms with Crippen LogP contribution in [0, 0.1) is 0 Å². The number of nitrogens with two attached hydrogens (primary N) is 1. The lowest BCUT2D eigenvalue weighted by molar-refractivity contribution is 0.102. The van der Waals surface area contributed by atoms with E-state index in [0.29, 0.717) is 29.3 Å². The first-order valence-corrected chi connectivity index (χ1v) is 7.09. The van der Waals surface area contributed by atoms with Gasteiger partial charge in [-0.25, -0.2) is 0 Å². The Hall–Kier alpha value is -2.49. The highest BCUT2D eigenvalue weighted by molar-refractivity contribution is 6.04. The van der Waals surface area contributed by atoms with Gasteiger partial charge < -0.3 is 15.8 Å². The van der Waals surface area contributed by atoms with Crippen LogP contribution in [0.4, 0.5) is 11.4 Å². The zero-order chi connectivity index (χ0) is 15.1. The third-order valence-electron chi connectivity index (χ3n) is 3.01. The summed E-state index contributed by atoms with van der Waals surface area (Å²) in [4.78, 5) is 12.2. The molecule has 0 unspecified atom stereocenters. The monoisotopic (exact) mass is 284 g/mol. The maximum Gasteiger partial charge on any atom is 0.255 e. The number of rotatable bonds is 6. The molecule has 2 rings (SSSR count). The maximum absolute atomic E-state index is 12.2. The lowest BCUT2D eigenvalue weighted by Gasteiger charge is -2.09. The van der Waals surface area contributed by atoms with Gasteiger partial charge in [0, 0.05) is 16.9 Å². The topological polar surface area (TPSA) is 64.3 Å². The van der Waals surface area contributed by atoms with Gasteiger partial charge in [0.1, 0.15) is 5.75 Å². The van der Waals surface area contributed by atoms with Gasteiger partial charge in [0.15, 0.2) is 0 Å². The number of ether oxygens (including phenoxy) is 1. The van der Waals surface area contributed by atoms with E-state index in [-0.39, 0.29) is 5.91 Å². The lowest BCUT2D eigenvalue weighted by Crippen LogP contribution is -2.12. The molecule has 2 aromatic carbocycles. The average molecular weight is 284 g/mol. The fourth-order valence-electron chi connectivity index (χ4n) is 1.88. The third kappa shape index (κ3) is 4.53. The summed E-state index contributed by atoms with van der Waals surface area (Å²) in [6.07, 6.45) is 2.08. The molecule has 3 N–H and O–H groups in total. The number of benzene rings is 2. The molecule has 0 aliphatic rings. The van der Waals surface area contributed by atoms with Gasteiger partial charge in [0.05, 0.1) is 6.61 Å². The SMILES string of the molecule is CCCCOc1cccc(C(=O)Nc2cccc(N)c2)c1. The molecule has 0 heterocycles. The van der Waals surface area contributed by atoms with Gasteiger partial charge in [0.25, 0.3) is 5.91 Å². The summed E-state index contributed by atoms with van der Waals surface area (Å²) in [5.74, 6) is 0.533. The summed E-state index contributed by atoms with van der Waals surface area (Å²) in [5, 5.41) is 2.82. The summed E-state index contributed by atoms with van der Waals surface area (Å²) < 4.78 is 5.61. The number of unbranched alkanes of at least 4 members (excludes halogenated alkanes) is 1. The predicted molar refractivity (Wildman–Crippen MR) is 85.7 cm³/mol. The first-order valence-electron chi connectivity index (χ1n) is 7.09. The second-order valence-corrected chi connectivity index (χ2v) is 4.81. The Morgan fingerprint density at radius 1 is 1.19 bits per heavy atom. The number of carbonyl (C=O) groups excluding carboxylic acids is 1. The molecule has 1 amide bonds. The minimum absolute atomic E-state index is 0.179. The highest BCUT2D eigenvalue weighted by Gasteiger charge is 2.07. The highest BCUT2D eigenvalue weighted by atomic mass is 16.5. The second kappa shape index (κ2) is 7.33. The zero-order valence-electron chi connectivity index (χ0n) is 12.1. The highest BCUT2D eigenvalue weighted by Crippen LogP contribution is 2.17. The van der Waals surface area contributed by atoms with Crippen LogP contribution in [0.5, 0.6) is 5.75 Å². The van der Waals surface area contributed by atoms with E-state index >= 15 is 0 Å². The van der Waals surface area contributed by atoms with Crippen molar-refractivity contribution in [2.75, 3.05) is 17.7 Å². The minimum Gasteiger partial charge on any atom is -0.494 e. The largest absolute Gasteiger partial charge is 0.494 e. The molecule has 4 heteroatoms. The van der Waals surface area contributed by atoms with Crippen LogP contribution < -0.4 is 15.8 Å². The van der Waals surface area contributed by atoms with Crippen molar-refractivity contribution in [3.63, 3.8) is 0 Å². The Balaban J connectivity index is 2.03. The zero-order valence-corrected chi connectivity index (χ0v) is 12.1. The van der Waals surface area contributed by atoms with Gasteiger partial charge in [0.2, 0.25) is 0 Å². The average Bonchev–Trinajstić information content (AvgIpc) is 2.48. The van der Waals surface area contributed by atoms with Crippen LogP contribution in [-0.4, -0.2) is 12.5 Å². The van der Waals surface area contributed by atoms with Crippen LogP contribution >= 0.6 is 0 Å². The van der Waals surface area contributed by atoms with E-state index in [4.69, 9.17) is 10.5 Å². The number of amides is 1. The summed E-state index contributed by atoms with van der Waals surface area (Å²) in [6.45, 7) is 2.77. The van der Waals surface area contributed by atoms with Crippen molar-refractivity contribution in [3.05, 3.63) is 54.1 Å². The van der Waals surface area contributed by atoms with Crippen molar-refractivity contribution in [1.29, 1.82) is 0 Å². The summed E-state index contributed by atoms with van der Waals surface area (Å²) >= 11 is 0. The molecule has 0 saturated heterocycles. The molecule has 0 spiro atoms. The fourth-order valence-corrected chi connectivity index (χ4v) is 1.88. The van der Waals surface area contributed by atoms with E-state index in [2.05, 4.69) is 12.2 Å². The number of nitrogens with one attached hydrogen (secondary N) is 1. The van der Waals surface area contributed by atoms with E-state index in [1.165, 1.54) is 0 Å². The molecule has 0 aliphatic carbocycles. The van der Waals surface area contributed by atoms with Crippen molar-refractivity contribution >= 4 is 17.3 Å². The van der Waals surface area contributed by atoms with Gasteiger partial charge in [-0.3, -0.25) is 4.79 Å². The van der Waals surface area contributed by atoms with Gasteiger partial charge in [-0.15, -0.1) is 0 Å². The van der Waals surface area contributed by atoms with E-state index in [9.17, 15) is 4.79 Å². The molecule has 0 aliphatic heterocycles. The van der Waals surface area contributed by atoms with Crippen LogP contribution in [0.2, 0.25) is 0 Å². The molecular formula is C17H20N2O2. The predicted octanol–water partition coefficient (Wildman–Crippen LogP) is 3.70. The molecule has 2 aromatic rings. The minimum atomic E-state index is -0.179. The molecule has 4 nitrogen and oxygen atoms in total. The first-order chi connectivity index (χ1) is 10.2. The number of hydrogen-bond donors (Lipinski definition) is 2. The molecular weight excluding hydrogens is 264 g/mol. The van der Waals surface area contributed by atoms with E-state index in [1.807, 2.05) is 12.1 Å². The quantitative estimate of drug-likeness (QED) is 0.628. The maximum atomic E-state index is 12.2. The number of anilines is 2. The Bertz CT molecular complexity index is 611. The van der Waals surface area contributed by atoms with Crippen molar-refractivity contribution in [2.24, 2.45) is 0 Å². The summed E-state index contributed by atoms with van der Waals surface area (Å²) in [6, 6.07) is 14.3. The van der Waals surface area contributed by atoms with Crippen molar-refractivity contribution in [1.82, 2.24) is 0 Å². The number of hydrogen-bond acceptors (Lipinski definition) is 3. The Morgan fingerprint density at radius 3 is 2.76 bits per heavy atom. The summed E-state index contributed by atoms with van der Waals surface area (Å²) in [7, 11) is 0. The smallest absolute Gasteiger partial charge is 0.255 e. The molecule has 0 bridgehead atoms. The Kier molecular flexibility index (Phi) is 5.21. The Morgan fingerprint density at radius 2 is 2.00 bits per heavy atom. The van der Waals surface area contributed by atoms with E-state index < -0.39 is 0 Å². The van der Waals surface area contributed by atoms with E-state index in [0.717, 1.165) is 12.8 Å². The molecule has 0 fully saturated rings. The number of carbonyl (C=O) groups is 1. The van der Waals surface area contributed by atoms with Crippen molar-refractivity contribution in [2.45, 2.75) is 19.8 Å². The van der Waals surface area contributed by atoms with E-state index in [1.54, 1.807) is 36.4 Å². The van der Waals surface area contributed by atoms with Gasteiger partial charge in [-0.2, -0.15) is 0 Å². The molecule has 0 aromatic heterocycles. The second-order valence-electron chi connectivity index (χ2n) is 4.81. The first kappa shape index (κ1) is 14.9. The molecule has 0 atom stereocenters. The van der Waals surface area contributed by atoms with Crippen LogP contribution in [0.15, 0.2) is 48.5 Å². The normalized spacial score (nSPS) is 10.1. The molecule has 0 radical (unpaired) electrons. The van der Waals surface area contributed by atoms with Crippen molar-refractivity contribution in [3.8, 4) is 5.75 Å². The van der Waals surface area contributed by atoms with Crippen LogP contribution in [-0.2, 0) is 0 Å². The lowest BCUT2D eigenvalue weighted by atomic mass is 10.2. The molecule has 110 valence electrons. The van der Waals surface area contributed by atoms with Crippen LogP contribution in [0.1, 0.15) is 30.1 Å². The Labute approximate surface area is 124 Å². The number of nitrogen functional groups attached to an aromatic ring is 1. The van der Waals surface area contributed by atoms with Gasteiger partial charge in [-0.1, -0.05) is 25.5 Å². The summed E-state index contributed by atoms with van der Waals surface area (Å²) in [5.41, 5.74) is 7.55. The van der Waals surface area contributed by atoms with Crippen LogP contribution in [0.25, 0.3) is 0 Å². The van der Waals surface area contributed by atoms with Gasteiger partial charge in [-0.05, 0) is 42.8 Å². The fraction of sp³-hybridized carbons (Fsp3) is 0.235. The van der Waals surface area contributed by atoms with Gasteiger partial charge >= 0.3 is 0 Å². The third-order valence-corrected chi connectivity index (χ3v) is 3.01. The van der Waals surface area contributed by atoms with Crippen molar-refractivity contribution < 1.29 is 9.53 Å². The van der Waals surface area contributed by atoms with Crippen LogP contribution in [0.3, 0.4) is 0 Å². The standard InChI is InChI=1S/C17H20N2O2/c1-2-3-10-21-16-9-4-6-13(11-16)17(20)19-15-8-5-7-14(18)12-15/h4-9,11-12H,2-3,10,18H2,1H3,(H,19,20). The molecule has 21 heavy (non-hydrogen) atoms.